The van der Waals surface area contributed by atoms with Gasteiger partial charge in [-0.1, -0.05) is 43.3 Å². The predicted molar refractivity (Wildman–Crippen MR) is 117 cm³/mol. The Morgan fingerprint density at radius 3 is 2.38 bits per heavy atom. The van der Waals surface area contributed by atoms with E-state index in [2.05, 4.69) is 49.9 Å². The van der Waals surface area contributed by atoms with Crippen molar-refractivity contribution in [1.82, 2.24) is 20.2 Å². The van der Waals surface area contributed by atoms with Crippen LogP contribution in [-0.2, 0) is 6.42 Å². The number of aryl methyl sites for hydroxylation is 2. The van der Waals surface area contributed by atoms with Crippen LogP contribution in [0.15, 0.2) is 73.1 Å². The normalized spacial score (nSPS) is 10.6. The van der Waals surface area contributed by atoms with Gasteiger partial charge in [0.2, 0.25) is 0 Å². The molecular formula is C23H22N6. The summed E-state index contributed by atoms with van der Waals surface area (Å²) in [7, 11) is 0. The van der Waals surface area contributed by atoms with Gasteiger partial charge in [-0.25, -0.2) is 9.97 Å². The highest BCUT2D eigenvalue weighted by molar-refractivity contribution is 5.69. The molecule has 2 heterocycles. The highest BCUT2D eigenvalue weighted by atomic mass is 15.2. The molecule has 0 spiro atoms. The van der Waals surface area contributed by atoms with Gasteiger partial charge < -0.3 is 10.6 Å². The molecule has 0 fully saturated rings. The van der Waals surface area contributed by atoms with Crippen LogP contribution < -0.4 is 10.6 Å². The summed E-state index contributed by atoms with van der Waals surface area (Å²) < 4.78 is 0. The maximum Gasteiger partial charge on any atom is 0.153 e. The highest BCUT2D eigenvalue weighted by Crippen LogP contribution is 2.26. The first kappa shape index (κ1) is 18.6. The van der Waals surface area contributed by atoms with Crippen LogP contribution in [0.1, 0.15) is 18.2 Å². The van der Waals surface area contributed by atoms with E-state index in [1.165, 1.54) is 5.56 Å². The van der Waals surface area contributed by atoms with Crippen molar-refractivity contribution in [2.24, 2.45) is 0 Å². The molecule has 0 unspecified atom stereocenters. The smallest absolute Gasteiger partial charge is 0.153 e. The lowest BCUT2D eigenvalue weighted by atomic mass is 10.1. The monoisotopic (exact) mass is 382 g/mol. The Hall–Kier alpha value is -3.80. The second-order valence-corrected chi connectivity index (χ2v) is 6.69. The maximum atomic E-state index is 4.36. The number of nitrogens with one attached hydrogen (secondary N) is 2. The van der Waals surface area contributed by atoms with Crippen LogP contribution >= 0.6 is 0 Å². The van der Waals surface area contributed by atoms with Gasteiger partial charge in [0.15, 0.2) is 5.82 Å². The summed E-state index contributed by atoms with van der Waals surface area (Å²) in [5.41, 5.74) is 5.94. The van der Waals surface area contributed by atoms with Gasteiger partial charge in [-0.2, -0.15) is 0 Å². The van der Waals surface area contributed by atoms with E-state index < -0.39 is 0 Å². The lowest BCUT2D eigenvalue weighted by Crippen LogP contribution is -2.01. The van der Waals surface area contributed by atoms with Gasteiger partial charge in [0, 0.05) is 28.7 Å². The number of aromatic nitrogens is 4. The third-order valence-corrected chi connectivity index (χ3v) is 4.56. The van der Waals surface area contributed by atoms with Crippen LogP contribution in [0.2, 0.25) is 0 Å². The summed E-state index contributed by atoms with van der Waals surface area (Å²) in [6.45, 7) is 4.07. The van der Waals surface area contributed by atoms with Gasteiger partial charge in [0.05, 0.1) is 5.69 Å². The Bertz CT molecular complexity index is 1090. The molecule has 29 heavy (non-hydrogen) atoms. The lowest BCUT2D eigenvalue weighted by Gasteiger charge is -2.13. The molecule has 4 aromatic rings. The number of nitrogens with zero attached hydrogens (tertiary/aromatic N) is 4. The van der Waals surface area contributed by atoms with E-state index in [0.29, 0.717) is 5.82 Å². The molecule has 2 N–H and O–H groups in total. The van der Waals surface area contributed by atoms with Crippen LogP contribution in [0.25, 0.3) is 11.3 Å². The van der Waals surface area contributed by atoms with Crippen LogP contribution in [0.5, 0.6) is 0 Å². The average molecular weight is 382 g/mol. The standard InChI is InChI=1S/C23H22N6/c1-3-17-9-10-19(26-23-13-16(2)24-15-25-23)14-21(17)27-22-12-11-20(28-29-22)18-7-5-4-6-8-18/h4-15H,3H2,1-2H3,(H,27,29)(H,24,25,26). The first-order valence-corrected chi connectivity index (χ1v) is 9.56. The fraction of sp³-hybridized carbons (Fsp3) is 0.130. The van der Waals surface area contributed by atoms with Crippen LogP contribution in [0, 0.1) is 6.92 Å². The molecule has 144 valence electrons. The van der Waals surface area contributed by atoms with E-state index in [1.807, 2.05) is 61.5 Å². The number of benzene rings is 2. The van der Waals surface area contributed by atoms with Gasteiger partial charge >= 0.3 is 0 Å². The van der Waals surface area contributed by atoms with Crippen molar-refractivity contribution in [2.45, 2.75) is 20.3 Å². The van der Waals surface area contributed by atoms with Gasteiger partial charge in [-0.05, 0) is 43.2 Å². The molecule has 0 atom stereocenters. The van der Waals surface area contributed by atoms with E-state index in [0.717, 1.165) is 40.6 Å². The molecule has 2 aromatic heterocycles. The maximum absolute atomic E-state index is 4.36. The third-order valence-electron chi connectivity index (χ3n) is 4.56. The van der Waals surface area contributed by atoms with Crippen LogP contribution in [0.4, 0.5) is 23.0 Å². The first-order valence-electron chi connectivity index (χ1n) is 9.56. The molecule has 0 saturated heterocycles. The minimum Gasteiger partial charge on any atom is -0.340 e. The van der Waals surface area contributed by atoms with Crippen molar-refractivity contribution >= 4 is 23.0 Å². The molecule has 0 aliphatic heterocycles. The summed E-state index contributed by atoms with van der Waals surface area (Å²) in [6, 6.07) is 22.1. The van der Waals surface area contributed by atoms with Crippen molar-refractivity contribution < 1.29 is 0 Å². The molecule has 4 rings (SSSR count). The molecular weight excluding hydrogens is 360 g/mol. The SMILES string of the molecule is CCc1ccc(Nc2cc(C)ncn2)cc1Nc1ccc(-c2ccccc2)nn1. The third kappa shape index (κ3) is 4.55. The van der Waals surface area contributed by atoms with Gasteiger partial charge in [0.25, 0.3) is 0 Å². The zero-order chi connectivity index (χ0) is 20.1. The molecule has 6 heteroatoms. The second kappa shape index (κ2) is 8.48. The lowest BCUT2D eigenvalue weighted by molar-refractivity contribution is 1.04. The Labute approximate surface area is 170 Å². The summed E-state index contributed by atoms with van der Waals surface area (Å²) in [4.78, 5) is 8.40. The number of hydrogen-bond acceptors (Lipinski definition) is 6. The topological polar surface area (TPSA) is 75.6 Å². The van der Waals surface area contributed by atoms with Crippen molar-refractivity contribution in [1.29, 1.82) is 0 Å². The summed E-state index contributed by atoms with van der Waals surface area (Å²) in [6.07, 6.45) is 2.46. The number of rotatable bonds is 6. The van der Waals surface area contributed by atoms with Crippen molar-refractivity contribution in [3.05, 3.63) is 84.3 Å². The van der Waals surface area contributed by atoms with E-state index >= 15 is 0 Å². The van der Waals surface area contributed by atoms with Gasteiger partial charge in [-0.15, -0.1) is 10.2 Å². The summed E-state index contributed by atoms with van der Waals surface area (Å²) >= 11 is 0. The van der Waals surface area contributed by atoms with Crippen molar-refractivity contribution in [3.8, 4) is 11.3 Å². The molecule has 0 aliphatic carbocycles. The van der Waals surface area contributed by atoms with Crippen LogP contribution in [-0.4, -0.2) is 20.2 Å². The Balaban J connectivity index is 1.55. The Morgan fingerprint density at radius 2 is 1.66 bits per heavy atom. The van der Waals surface area contributed by atoms with Gasteiger partial charge in [0.1, 0.15) is 12.1 Å². The molecule has 6 nitrogen and oxygen atoms in total. The fourth-order valence-electron chi connectivity index (χ4n) is 3.05. The summed E-state index contributed by atoms with van der Waals surface area (Å²) in [5.74, 6) is 1.47. The van der Waals surface area contributed by atoms with Gasteiger partial charge in [-0.3, -0.25) is 0 Å². The highest BCUT2D eigenvalue weighted by Gasteiger charge is 2.07. The largest absolute Gasteiger partial charge is 0.340 e. The molecule has 0 bridgehead atoms. The van der Waals surface area contributed by atoms with E-state index in [1.54, 1.807) is 6.33 Å². The second-order valence-electron chi connectivity index (χ2n) is 6.69. The molecule has 0 aliphatic rings. The first-order chi connectivity index (χ1) is 14.2. The average Bonchev–Trinajstić information content (AvgIpc) is 2.75. The Kier molecular flexibility index (Phi) is 5.42. The minimum absolute atomic E-state index is 0.703. The van der Waals surface area contributed by atoms with Crippen molar-refractivity contribution in [3.63, 3.8) is 0 Å². The van der Waals surface area contributed by atoms with E-state index in [-0.39, 0.29) is 0 Å². The van der Waals surface area contributed by atoms with Crippen LogP contribution in [0.3, 0.4) is 0 Å². The predicted octanol–water partition coefficient (Wildman–Crippen LogP) is 5.29. The Morgan fingerprint density at radius 1 is 0.793 bits per heavy atom. The molecule has 0 saturated carbocycles. The minimum atomic E-state index is 0.703. The zero-order valence-electron chi connectivity index (χ0n) is 16.4. The van der Waals surface area contributed by atoms with Crippen molar-refractivity contribution in [2.75, 3.05) is 10.6 Å². The molecule has 0 amide bonds. The number of hydrogen-bond donors (Lipinski definition) is 2. The van der Waals surface area contributed by atoms with E-state index in [4.69, 9.17) is 0 Å². The number of anilines is 4. The fourth-order valence-corrected chi connectivity index (χ4v) is 3.05. The summed E-state index contributed by atoms with van der Waals surface area (Å²) in [5, 5.41) is 15.4. The zero-order valence-corrected chi connectivity index (χ0v) is 16.4. The molecule has 2 aromatic carbocycles. The van der Waals surface area contributed by atoms with E-state index in [9.17, 15) is 0 Å². The quantitative estimate of drug-likeness (QED) is 0.472. The molecule has 0 radical (unpaired) electrons.